The predicted octanol–water partition coefficient (Wildman–Crippen LogP) is 2.27. The number of hydrogen-bond donors (Lipinski definition) is 0. The van der Waals surface area contributed by atoms with Crippen molar-refractivity contribution in [2.24, 2.45) is 5.92 Å². The Morgan fingerprint density at radius 2 is 2.15 bits per heavy atom. The number of benzene rings is 1. The number of aromatic nitrogens is 2. The van der Waals surface area contributed by atoms with Crippen molar-refractivity contribution in [1.82, 2.24) is 10.1 Å². The predicted molar refractivity (Wildman–Crippen MR) is 69.2 cm³/mol. The Morgan fingerprint density at radius 3 is 2.95 bits per heavy atom. The Labute approximate surface area is 115 Å². The minimum Gasteiger partial charge on any atom is -0.482 e. The zero-order chi connectivity index (χ0) is 13.5. The van der Waals surface area contributed by atoms with Crippen molar-refractivity contribution in [3.63, 3.8) is 0 Å². The minimum atomic E-state index is -0.207. The highest BCUT2D eigenvalue weighted by Gasteiger charge is 2.32. The summed E-state index contributed by atoms with van der Waals surface area (Å²) in [7, 11) is 0. The fraction of sp³-hybridized carbons (Fsp3) is 0.400. The molecule has 1 aliphatic carbocycles. The number of nitrogens with zero attached hydrogens (tertiary/aromatic N) is 2. The van der Waals surface area contributed by atoms with Gasteiger partial charge in [-0.25, -0.2) is 0 Å². The molecular weight excluding hydrogens is 256 g/mol. The first-order valence-electron chi connectivity index (χ1n) is 6.89. The van der Waals surface area contributed by atoms with Crippen LogP contribution in [0.25, 0.3) is 0 Å². The number of carbonyl (C=O) groups excluding carboxylic acids is 1. The molecular formula is C15H14N2O3. The fourth-order valence-electron chi connectivity index (χ4n) is 2.50. The Morgan fingerprint density at radius 1 is 1.30 bits per heavy atom. The van der Waals surface area contributed by atoms with Gasteiger partial charge in [-0.1, -0.05) is 23.4 Å². The third-order valence-corrected chi connectivity index (χ3v) is 3.78. The van der Waals surface area contributed by atoms with Gasteiger partial charge in [0.25, 0.3) is 0 Å². The van der Waals surface area contributed by atoms with Crippen molar-refractivity contribution in [3.05, 3.63) is 41.5 Å². The largest absolute Gasteiger partial charge is 0.482 e. The molecule has 5 heteroatoms. The minimum absolute atomic E-state index is 0.204. The maximum absolute atomic E-state index is 11.7. The van der Waals surface area contributed by atoms with E-state index in [1.54, 1.807) is 0 Å². The van der Waals surface area contributed by atoms with Gasteiger partial charge in [-0.15, -0.1) is 0 Å². The normalized spacial score (nSPS) is 20.5. The molecule has 2 heterocycles. The van der Waals surface area contributed by atoms with E-state index in [4.69, 9.17) is 9.26 Å². The Balaban J connectivity index is 1.48. The number of carbonyl (C=O) groups is 1. The van der Waals surface area contributed by atoms with Crippen LogP contribution in [0.4, 0.5) is 0 Å². The van der Waals surface area contributed by atoms with E-state index in [1.807, 2.05) is 24.3 Å². The van der Waals surface area contributed by atoms with Crippen LogP contribution in [0.5, 0.6) is 5.75 Å². The molecule has 1 atom stereocenters. The summed E-state index contributed by atoms with van der Waals surface area (Å²) in [4.78, 5) is 16.0. The van der Waals surface area contributed by atoms with E-state index in [9.17, 15) is 4.79 Å². The van der Waals surface area contributed by atoms with E-state index >= 15 is 0 Å². The molecule has 0 spiro atoms. The summed E-state index contributed by atoms with van der Waals surface area (Å²) >= 11 is 0. The lowest BCUT2D eigenvalue weighted by molar-refractivity contribution is -0.119. The van der Waals surface area contributed by atoms with Crippen LogP contribution in [0.3, 0.4) is 0 Å². The van der Waals surface area contributed by atoms with Crippen molar-refractivity contribution >= 4 is 5.78 Å². The second-order valence-corrected chi connectivity index (χ2v) is 5.38. The van der Waals surface area contributed by atoms with Gasteiger partial charge in [0.2, 0.25) is 11.7 Å². The van der Waals surface area contributed by atoms with Crippen LogP contribution >= 0.6 is 0 Å². The van der Waals surface area contributed by atoms with E-state index in [-0.39, 0.29) is 24.2 Å². The molecule has 5 nitrogen and oxygen atoms in total. The zero-order valence-electron chi connectivity index (χ0n) is 10.9. The van der Waals surface area contributed by atoms with Gasteiger partial charge in [0.15, 0.2) is 6.10 Å². The summed E-state index contributed by atoms with van der Waals surface area (Å²) in [5, 5.41) is 3.95. The first-order chi connectivity index (χ1) is 9.79. The van der Waals surface area contributed by atoms with E-state index in [2.05, 4.69) is 10.1 Å². The van der Waals surface area contributed by atoms with Crippen LogP contribution in [-0.4, -0.2) is 15.9 Å². The molecule has 1 aliphatic heterocycles. The molecule has 0 radical (unpaired) electrons. The highest BCUT2D eigenvalue weighted by molar-refractivity contribution is 5.84. The van der Waals surface area contributed by atoms with Gasteiger partial charge in [0.05, 0.1) is 6.42 Å². The lowest BCUT2D eigenvalue weighted by Gasteiger charge is -2.04. The number of para-hydroxylation sites is 1. The average Bonchev–Trinajstić information content (AvgIpc) is 3.06. The lowest BCUT2D eigenvalue weighted by Crippen LogP contribution is -2.07. The molecule has 102 valence electrons. The number of ketones is 1. The van der Waals surface area contributed by atoms with Gasteiger partial charge in [0.1, 0.15) is 11.5 Å². The number of fused-ring (bicyclic) bond motifs is 1. The van der Waals surface area contributed by atoms with Crippen molar-refractivity contribution in [2.45, 2.75) is 31.8 Å². The van der Waals surface area contributed by atoms with Crippen molar-refractivity contribution in [3.8, 4) is 5.75 Å². The fourth-order valence-corrected chi connectivity index (χ4v) is 2.50. The van der Waals surface area contributed by atoms with E-state index < -0.39 is 0 Å². The van der Waals surface area contributed by atoms with Gasteiger partial charge in [-0.2, -0.15) is 4.98 Å². The molecule has 2 aromatic rings. The Hall–Kier alpha value is -2.17. The van der Waals surface area contributed by atoms with Gasteiger partial charge >= 0.3 is 0 Å². The summed E-state index contributed by atoms with van der Waals surface area (Å²) in [5.74, 6) is 2.22. The van der Waals surface area contributed by atoms with Gasteiger partial charge < -0.3 is 9.26 Å². The smallest absolute Gasteiger partial charge is 0.234 e. The van der Waals surface area contributed by atoms with Crippen LogP contribution in [0, 0.1) is 5.92 Å². The first-order valence-corrected chi connectivity index (χ1v) is 6.89. The maximum Gasteiger partial charge on any atom is 0.234 e. The highest BCUT2D eigenvalue weighted by Crippen LogP contribution is 2.35. The second kappa shape index (κ2) is 4.44. The van der Waals surface area contributed by atoms with Crippen LogP contribution in [0.1, 0.15) is 36.2 Å². The summed E-state index contributed by atoms with van der Waals surface area (Å²) in [6.45, 7) is 0. The third-order valence-electron chi connectivity index (χ3n) is 3.78. The van der Waals surface area contributed by atoms with E-state index in [0.29, 0.717) is 11.7 Å². The molecule has 0 bridgehead atoms. The SMILES string of the molecule is O=C(Cc1nc(C2Cc3ccccc3O2)no1)C1CC1. The van der Waals surface area contributed by atoms with E-state index in [1.165, 1.54) is 0 Å². The lowest BCUT2D eigenvalue weighted by atomic mass is 10.1. The maximum atomic E-state index is 11.7. The average molecular weight is 270 g/mol. The van der Waals surface area contributed by atoms with Gasteiger partial charge in [-0.05, 0) is 24.5 Å². The molecule has 20 heavy (non-hydrogen) atoms. The Kier molecular flexibility index (Phi) is 2.58. The number of rotatable bonds is 4. The standard InChI is InChI=1S/C15H14N2O3/c18-11(9-5-6-9)8-14-16-15(17-20-14)13-7-10-3-1-2-4-12(10)19-13/h1-4,9,13H,5-8H2. The zero-order valence-corrected chi connectivity index (χ0v) is 10.9. The van der Waals surface area contributed by atoms with E-state index in [0.717, 1.165) is 30.6 Å². The molecule has 2 aliphatic rings. The summed E-state index contributed by atoms with van der Waals surface area (Å²) in [6.07, 6.45) is 2.78. The summed E-state index contributed by atoms with van der Waals surface area (Å²) in [5.41, 5.74) is 1.15. The quantitative estimate of drug-likeness (QED) is 0.852. The first kappa shape index (κ1) is 11.6. The number of hydrogen-bond acceptors (Lipinski definition) is 5. The molecule has 1 aromatic carbocycles. The molecule has 1 fully saturated rings. The summed E-state index contributed by atoms with van der Waals surface area (Å²) < 4.78 is 11.0. The van der Waals surface area contributed by atoms with Crippen LogP contribution < -0.4 is 4.74 Å². The third kappa shape index (κ3) is 2.09. The topological polar surface area (TPSA) is 65.2 Å². The number of Topliss-reactive ketones (excluding diaryl/α,β-unsaturated/α-hetero) is 1. The molecule has 0 saturated heterocycles. The molecule has 0 amide bonds. The highest BCUT2D eigenvalue weighted by atomic mass is 16.5. The molecule has 0 N–H and O–H groups in total. The van der Waals surface area contributed by atoms with Gasteiger partial charge in [0, 0.05) is 12.3 Å². The second-order valence-electron chi connectivity index (χ2n) is 5.38. The molecule has 1 unspecified atom stereocenters. The monoisotopic (exact) mass is 270 g/mol. The van der Waals surface area contributed by atoms with Crippen molar-refractivity contribution in [2.75, 3.05) is 0 Å². The van der Waals surface area contributed by atoms with Crippen LogP contribution in [0.2, 0.25) is 0 Å². The Bertz CT molecular complexity index is 636. The molecule has 1 aromatic heterocycles. The van der Waals surface area contributed by atoms with Crippen molar-refractivity contribution in [1.29, 1.82) is 0 Å². The van der Waals surface area contributed by atoms with Crippen molar-refractivity contribution < 1.29 is 14.1 Å². The summed E-state index contributed by atoms with van der Waals surface area (Å²) in [6, 6.07) is 7.90. The van der Waals surface area contributed by atoms with Crippen LogP contribution in [0.15, 0.2) is 28.8 Å². The molecule has 1 saturated carbocycles. The van der Waals surface area contributed by atoms with Crippen LogP contribution in [-0.2, 0) is 17.6 Å². The van der Waals surface area contributed by atoms with Gasteiger partial charge in [-0.3, -0.25) is 4.79 Å². The number of ether oxygens (including phenoxy) is 1. The molecule has 4 rings (SSSR count).